The maximum atomic E-state index is 11.8. The van der Waals surface area contributed by atoms with Gasteiger partial charge in [0.15, 0.2) is 5.17 Å². The van der Waals surface area contributed by atoms with Crippen molar-refractivity contribution in [3.8, 4) is 0 Å². The van der Waals surface area contributed by atoms with E-state index in [0.29, 0.717) is 20.9 Å². The molecule has 5 nitrogen and oxygen atoms in total. The lowest BCUT2D eigenvalue weighted by Gasteiger charge is -2.27. The second-order valence-electron chi connectivity index (χ2n) is 4.12. The first-order valence-electron chi connectivity index (χ1n) is 5.57. The highest BCUT2D eigenvalue weighted by Crippen LogP contribution is 2.30. The first-order valence-corrected chi connectivity index (χ1v) is 7.21. The van der Waals surface area contributed by atoms with Gasteiger partial charge in [-0.25, -0.2) is 4.99 Å². The number of nitrogens with zero attached hydrogens (tertiary/aromatic N) is 2. The number of aliphatic carboxylic acids is 1. The van der Waals surface area contributed by atoms with Crippen LogP contribution in [0.1, 0.15) is 6.42 Å². The topological polar surface area (TPSA) is 70.0 Å². The molecule has 0 spiro atoms. The number of carbonyl (C=O) groups is 2. The molecular formula is C12H10Cl2N2O3S. The van der Waals surface area contributed by atoms with Crippen LogP contribution in [0.5, 0.6) is 0 Å². The molecular weight excluding hydrogens is 323 g/mol. The van der Waals surface area contributed by atoms with Crippen molar-refractivity contribution in [3.63, 3.8) is 0 Å². The van der Waals surface area contributed by atoms with E-state index in [-0.39, 0.29) is 12.3 Å². The van der Waals surface area contributed by atoms with Gasteiger partial charge in [0.2, 0.25) is 5.91 Å². The van der Waals surface area contributed by atoms with Crippen molar-refractivity contribution in [2.45, 2.75) is 11.7 Å². The Labute approximate surface area is 129 Å². The standard InChI is InChI=1S/C12H10Cl2N2O3S/c1-16-10(17)5-9(11(18)19)20-12(16)15-8-3-6(13)2-7(14)4-8/h2-4,9H,5H2,1H3,(H,18,19)/t9-/m0/s1. The number of carbonyl (C=O) groups excluding carboxylic acids is 1. The minimum atomic E-state index is -1.03. The molecule has 0 aromatic heterocycles. The van der Waals surface area contributed by atoms with Gasteiger partial charge in [-0.05, 0) is 18.2 Å². The maximum absolute atomic E-state index is 11.8. The zero-order valence-corrected chi connectivity index (χ0v) is 12.7. The zero-order valence-electron chi connectivity index (χ0n) is 10.3. The summed E-state index contributed by atoms with van der Waals surface area (Å²) in [6.45, 7) is 0. The van der Waals surface area contributed by atoms with Crippen LogP contribution in [-0.4, -0.2) is 39.3 Å². The number of carboxylic acid groups (broad SMARTS) is 1. The Bertz CT molecular complexity index is 586. The average Bonchev–Trinajstić information content (AvgIpc) is 2.33. The molecule has 1 heterocycles. The Morgan fingerprint density at radius 1 is 1.40 bits per heavy atom. The number of hydrogen-bond acceptors (Lipinski definition) is 4. The molecule has 0 bridgehead atoms. The monoisotopic (exact) mass is 332 g/mol. The van der Waals surface area contributed by atoms with Crippen molar-refractivity contribution in [1.29, 1.82) is 0 Å². The first kappa shape index (κ1) is 15.2. The van der Waals surface area contributed by atoms with E-state index >= 15 is 0 Å². The molecule has 20 heavy (non-hydrogen) atoms. The van der Waals surface area contributed by atoms with E-state index in [2.05, 4.69) is 4.99 Å². The molecule has 1 aliphatic heterocycles. The summed E-state index contributed by atoms with van der Waals surface area (Å²) in [6, 6.07) is 4.74. The molecule has 1 aromatic carbocycles. The molecule has 0 radical (unpaired) electrons. The van der Waals surface area contributed by atoms with Crippen molar-refractivity contribution in [2.24, 2.45) is 4.99 Å². The van der Waals surface area contributed by atoms with Gasteiger partial charge in [0.25, 0.3) is 0 Å². The summed E-state index contributed by atoms with van der Waals surface area (Å²) in [5.41, 5.74) is 0.468. The summed E-state index contributed by atoms with van der Waals surface area (Å²) < 4.78 is 0. The molecule has 2 rings (SSSR count). The summed E-state index contributed by atoms with van der Waals surface area (Å²) >= 11 is 12.8. The number of benzene rings is 1. The minimum Gasteiger partial charge on any atom is -0.480 e. The van der Waals surface area contributed by atoms with Gasteiger partial charge in [-0.1, -0.05) is 35.0 Å². The van der Waals surface area contributed by atoms with Gasteiger partial charge in [-0.3, -0.25) is 14.5 Å². The molecule has 8 heteroatoms. The van der Waals surface area contributed by atoms with E-state index in [1.165, 1.54) is 4.90 Å². The van der Waals surface area contributed by atoms with E-state index in [1.54, 1.807) is 25.2 Å². The van der Waals surface area contributed by atoms with Crippen LogP contribution >= 0.6 is 35.0 Å². The first-order chi connectivity index (χ1) is 9.36. The number of halogens is 2. The van der Waals surface area contributed by atoms with Crippen LogP contribution in [0.25, 0.3) is 0 Å². The Morgan fingerprint density at radius 2 is 2.00 bits per heavy atom. The van der Waals surface area contributed by atoms with E-state index in [1.807, 2.05) is 0 Å². The molecule has 1 amide bonds. The van der Waals surface area contributed by atoms with Crippen LogP contribution in [0.2, 0.25) is 10.0 Å². The lowest BCUT2D eigenvalue weighted by Crippen LogP contribution is -2.41. The molecule has 1 fully saturated rings. The second-order valence-corrected chi connectivity index (χ2v) is 6.17. The average molecular weight is 333 g/mol. The summed E-state index contributed by atoms with van der Waals surface area (Å²) in [5, 5.41) is 9.35. The molecule has 1 N–H and O–H groups in total. The van der Waals surface area contributed by atoms with Gasteiger partial charge in [0, 0.05) is 17.1 Å². The van der Waals surface area contributed by atoms with Crippen LogP contribution in [0, 0.1) is 0 Å². The van der Waals surface area contributed by atoms with Gasteiger partial charge >= 0.3 is 5.97 Å². The van der Waals surface area contributed by atoms with Crippen molar-refractivity contribution in [3.05, 3.63) is 28.2 Å². The summed E-state index contributed by atoms with van der Waals surface area (Å²) in [6.07, 6.45) is -0.0498. The third-order valence-corrected chi connectivity index (χ3v) is 4.28. The molecule has 0 saturated carbocycles. The van der Waals surface area contributed by atoms with Gasteiger partial charge in [-0.2, -0.15) is 0 Å². The summed E-state index contributed by atoms with van der Waals surface area (Å²) in [4.78, 5) is 28.4. The van der Waals surface area contributed by atoms with E-state index in [9.17, 15) is 9.59 Å². The second kappa shape index (κ2) is 6.03. The van der Waals surface area contributed by atoms with Crippen LogP contribution < -0.4 is 0 Å². The van der Waals surface area contributed by atoms with Gasteiger partial charge in [0.05, 0.1) is 12.1 Å². The molecule has 106 valence electrons. The number of thioether (sulfide) groups is 1. The molecule has 1 atom stereocenters. The number of hydrogen-bond donors (Lipinski definition) is 1. The molecule has 1 aliphatic rings. The fraction of sp³-hybridized carbons (Fsp3) is 0.250. The Balaban J connectivity index is 2.35. The van der Waals surface area contributed by atoms with Crippen molar-refractivity contribution >= 4 is 57.7 Å². The van der Waals surface area contributed by atoms with Crippen molar-refractivity contribution < 1.29 is 14.7 Å². The largest absolute Gasteiger partial charge is 0.480 e. The van der Waals surface area contributed by atoms with Crippen LogP contribution in [-0.2, 0) is 9.59 Å². The predicted molar refractivity (Wildman–Crippen MR) is 80.0 cm³/mol. The Hall–Kier alpha value is -1.24. The summed E-state index contributed by atoms with van der Waals surface area (Å²) in [5.74, 6) is -1.32. The lowest BCUT2D eigenvalue weighted by molar-refractivity contribution is -0.139. The number of carboxylic acids is 1. The number of aliphatic imine (C=N–C) groups is 1. The Morgan fingerprint density at radius 3 is 2.55 bits per heavy atom. The molecule has 0 aliphatic carbocycles. The highest BCUT2D eigenvalue weighted by molar-refractivity contribution is 8.15. The highest BCUT2D eigenvalue weighted by atomic mass is 35.5. The fourth-order valence-electron chi connectivity index (χ4n) is 1.60. The molecule has 1 aromatic rings. The van der Waals surface area contributed by atoms with Crippen molar-refractivity contribution in [2.75, 3.05) is 7.05 Å². The van der Waals surface area contributed by atoms with E-state index in [4.69, 9.17) is 28.3 Å². The molecule has 0 unspecified atom stereocenters. The predicted octanol–water partition coefficient (Wildman–Crippen LogP) is 3.03. The van der Waals surface area contributed by atoms with Crippen LogP contribution in [0.4, 0.5) is 5.69 Å². The van der Waals surface area contributed by atoms with Crippen LogP contribution in [0.15, 0.2) is 23.2 Å². The highest BCUT2D eigenvalue weighted by Gasteiger charge is 2.33. The van der Waals surface area contributed by atoms with Gasteiger partial charge < -0.3 is 5.11 Å². The fourth-order valence-corrected chi connectivity index (χ4v) is 3.12. The SMILES string of the molecule is CN1C(=O)C[C@@H](C(=O)O)SC1=Nc1cc(Cl)cc(Cl)c1. The van der Waals surface area contributed by atoms with E-state index < -0.39 is 11.2 Å². The lowest BCUT2D eigenvalue weighted by atomic mass is 10.3. The third-order valence-electron chi connectivity index (χ3n) is 2.62. The van der Waals surface area contributed by atoms with Gasteiger partial charge in [-0.15, -0.1) is 0 Å². The molecule has 1 saturated heterocycles. The number of amides is 1. The van der Waals surface area contributed by atoms with Gasteiger partial charge in [0.1, 0.15) is 5.25 Å². The quantitative estimate of drug-likeness (QED) is 0.903. The number of amidine groups is 1. The third kappa shape index (κ3) is 3.45. The summed E-state index contributed by atoms with van der Waals surface area (Å²) in [7, 11) is 1.55. The van der Waals surface area contributed by atoms with Crippen molar-refractivity contribution in [1.82, 2.24) is 4.90 Å². The normalized spacial score (nSPS) is 21.4. The smallest absolute Gasteiger partial charge is 0.317 e. The van der Waals surface area contributed by atoms with Crippen LogP contribution in [0.3, 0.4) is 0 Å². The van der Waals surface area contributed by atoms with E-state index in [0.717, 1.165) is 11.8 Å². The zero-order chi connectivity index (χ0) is 14.9. The Kier molecular flexibility index (Phi) is 4.57. The number of rotatable bonds is 2. The minimum absolute atomic E-state index is 0.0498. The maximum Gasteiger partial charge on any atom is 0.317 e.